The van der Waals surface area contributed by atoms with Crippen molar-refractivity contribution in [2.75, 3.05) is 72.6 Å². The van der Waals surface area contributed by atoms with E-state index in [0.717, 1.165) is 75.3 Å². The summed E-state index contributed by atoms with van der Waals surface area (Å²) >= 11 is 0. The third kappa shape index (κ3) is 24.9. The predicted molar refractivity (Wildman–Crippen MR) is 395 cm³/mol. The van der Waals surface area contributed by atoms with Crippen molar-refractivity contribution in [1.82, 2.24) is 24.9 Å². The first kappa shape index (κ1) is 84.2. The molecule has 5 saturated heterocycles. The van der Waals surface area contributed by atoms with E-state index in [9.17, 15) is 39.3 Å². The average molecular weight is 1430 g/mol. The van der Waals surface area contributed by atoms with Crippen LogP contribution in [-0.2, 0) is 78.9 Å². The fourth-order valence-corrected chi connectivity index (χ4v) is 13.3. The molecule has 0 bridgehead atoms. The standard InChI is InChI=1S/C19H27NO3.C18H25NO3.C17H22N2O2.C17H23NO3.C12H14N2.V/c1-18(2,3)23-17(21)20-13-10-19(11-14-20,12-15-22-4)16-8-6-5-7-9-16;1-17(2,3)22-16(21)19-12-9-18(10-13-19,11-14-20)15-7-5-4-6-8-15;1-16(2,3)21-15(20)19-11-9-17(13-18,10-12-19)14-7-5-4-6-8-14;1-16(2,3)21-15(20)18-11-9-17(13-19,10-12-18)14-7-5-4-6-8-14;13-10-12(6-8-14-9-7-12)11-4-2-1-3-5-11;/h5-9,12,15H,10-11,13-14H2,1-4H3;4-8,14H,9-13H2,1-3H3;4-8H,9-12H2,1-3H3;4-8,13H,9-12H2,1-3H3;1-5,14H,6-9H2;. The van der Waals surface area contributed by atoms with Crippen LogP contribution in [0.2, 0.25) is 0 Å². The molecule has 0 unspecified atom stereocenters. The first-order chi connectivity index (χ1) is 47.8. The number of nitriles is 2. The van der Waals surface area contributed by atoms with Crippen molar-refractivity contribution in [3.05, 3.63) is 192 Å². The van der Waals surface area contributed by atoms with Gasteiger partial charge in [0, 0.05) is 88.2 Å². The van der Waals surface area contributed by atoms with E-state index in [2.05, 4.69) is 72.1 Å². The normalized spacial score (nSPS) is 18.1. The van der Waals surface area contributed by atoms with Gasteiger partial charge in [-0.15, -0.1) is 0 Å². The number of benzene rings is 5. The molecule has 5 heterocycles. The second kappa shape index (κ2) is 38.2. The van der Waals surface area contributed by atoms with E-state index in [1.54, 1.807) is 33.0 Å². The number of allylic oxidation sites excluding steroid dienone is 1. The molecule has 4 amide bonds. The molecule has 5 fully saturated rings. The SMILES string of the molecule is CC(C)(C)OC(=O)N1CCC(C#N)(c2ccccc2)CC1.CC(C)(C)OC(=O)N1CCC(C=O)(c2ccccc2)CC1.CC(C)(C)OC(=O)N1CCC(CC=O)(c2ccccc2)CC1.COC=CC1(c2ccccc2)CCN(C(=O)OC(C)(C)C)CC1.N#CC1(c2ccccc2)CCNCC1.[V]. The molecule has 5 aliphatic rings. The molecule has 0 atom stereocenters. The Morgan fingerprint density at radius 2 is 0.686 bits per heavy atom. The van der Waals surface area contributed by atoms with Crippen LogP contribution in [0.1, 0.15) is 182 Å². The maximum absolute atomic E-state index is 12.2. The molecular weight excluding hydrogens is 1320 g/mol. The Morgan fingerprint density at radius 1 is 0.412 bits per heavy atom. The Morgan fingerprint density at radius 3 is 0.980 bits per heavy atom. The smallest absolute Gasteiger partial charge is 0.410 e. The molecule has 0 aromatic heterocycles. The van der Waals surface area contributed by atoms with Gasteiger partial charge in [-0.3, -0.25) is 0 Å². The summed E-state index contributed by atoms with van der Waals surface area (Å²) in [5.41, 5.74) is 2.33. The fourth-order valence-electron chi connectivity index (χ4n) is 13.3. The Bertz CT molecular complexity index is 3500. The fraction of sp³-hybridized carbons (Fsp3) is 0.518. The number of nitrogens with zero attached hydrogens (tertiary/aromatic N) is 6. The second-order valence-electron chi connectivity index (χ2n) is 31.0. The molecule has 5 aromatic rings. The Hall–Kier alpha value is -8.42. The van der Waals surface area contributed by atoms with Gasteiger partial charge in [0.2, 0.25) is 0 Å². The van der Waals surface area contributed by atoms with Crippen LogP contribution in [0.4, 0.5) is 19.2 Å². The number of hydrogen-bond donors (Lipinski definition) is 1. The van der Waals surface area contributed by atoms with Gasteiger partial charge in [-0.2, -0.15) is 10.5 Å². The number of hydrogen-bond acceptors (Lipinski definition) is 14. The van der Waals surface area contributed by atoms with Crippen molar-refractivity contribution in [3.8, 4) is 12.1 Å². The summed E-state index contributed by atoms with van der Waals surface area (Å²) in [5.74, 6) is 0. The molecule has 0 aliphatic carbocycles. The van der Waals surface area contributed by atoms with Crippen LogP contribution >= 0.6 is 0 Å². The minimum Gasteiger partial charge on any atom is -0.505 e. The number of amides is 4. The zero-order valence-corrected chi connectivity index (χ0v) is 64.1. The maximum atomic E-state index is 12.2. The van der Waals surface area contributed by atoms with Gasteiger partial charge >= 0.3 is 24.4 Å². The number of carbonyl (C=O) groups excluding carboxylic acids is 6. The van der Waals surface area contributed by atoms with Gasteiger partial charge in [0.05, 0.1) is 41.8 Å². The van der Waals surface area contributed by atoms with E-state index in [1.807, 2.05) is 186 Å². The summed E-state index contributed by atoms with van der Waals surface area (Å²) in [5, 5.41) is 22.2. The van der Waals surface area contributed by atoms with Gasteiger partial charge in [-0.25, -0.2) is 19.2 Å². The van der Waals surface area contributed by atoms with Crippen LogP contribution in [-0.4, -0.2) is 152 Å². The minimum atomic E-state index is -0.490. The van der Waals surface area contributed by atoms with Crippen LogP contribution in [0.3, 0.4) is 0 Å². The molecule has 18 nitrogen and oxygen atoms in total. The quantitative estimate of drug-likeness (QED) is 0.0781. The third-order valence-corrected chi connectivity index (χ3v) is 19.1. The van der Waals surface area contributed by atoms with E-state index < -0.39 is 33.2 Å². The van der Waals surface area contributed by atoms with E-state index in [-0.39, 0.29) is 59.2 Å². The summed E-state index contributed by atoms with van der Waals surface area (Å²) in [4.78, 5) is 78.3. The predicted octanol–water partition coefficient (Wildman–Crippen LogP) is 16.1. The number of methoxy groups -OCH3 is 1. The van der Waals surface area contributed by atoms with Gasteiger partial charge in [-0.05, 0) is 194 Å². The number of ether oxygens (including phenoxy) is 5. The van der Waals surface area contributed by atoms with Crippen molar-refractivity contribution in [2.45, 2.75) is 203 Å². The van der Waals surface area contributed by atoms with Gasteiger partial charge in [-0.1, -0.05) is 152 Å². The largest absolute Gasteiger partial charge is 0.505 e. The molecule has 1 radical (unpaired) electrons. The van der Waals surface area contributed by atoms with Crippen molar-refractivity contribution in [1.29, 1.82) is 10.5 Å². The van der Waals surface area contributed by atoms with E-state index in [0.29, 0.717) is 84.5 Å². The number of aldehydes is 2. The van der Waals surface area contributed by atoms with Crippen LogP contribution in [0.25, 0.3) is 0 Å². The van der Waals surface area contributed by atoms with Crippen molar-refractivity contribution in [3.63, 3.8) is 0 Å². The van der Waals surface area contributed by atoms with Gasteiger partial charge in [0.15, 0.2) is 0 Å². The molecule has 102 heavy (non-hydrogen) atoms. The van der Waals surface area contributed by atoms with Crippen molar-refractivity contribution < 1.29 is 71.0 Å². The first-order valence-corrected chi connectivity index (χ1v) is 35.7. The maximum Gasteiger partial charge on any atom is 0.410 e. The minimum absolute atomic E-state index is 0. The molecule has 549 valence electrons. The van der Waals surface area contributed by atoms with E-state index in [1.165, 1.54) is 16.7 Å². The van der Waals surface area contributed by atoms with E-state index >= 15 is 0 Å². The van der Waals surface area contributed by atoms with Crippen LogP contribution in [0.15, 0.2) is 164 Å². The molecular formula is C83H111N7O11V. The van der Waals surface area contributed by atoms with Crippen LogP contribution in [0, 0.1) is 22.7 Å². The molecule has 10 rings (SSSR count). The number of carbonyl (C=O) groups is 6. The topological polar surface area (TPSA) is 221 Å². The monoisotopic (exact) mass is 1430 g/mol. The number of piperidine rings is 5. The Kier molecular flexibility index (Phi) is 31.5. The molecule has 5 aliphatic heterocycles. The van der Waals surface area contributed by atoms with Crippen LogP contribution < -0.4 is 5.32 Å². The summed E-state index contributed by atoms with van der Waals surface area (Å²) in [6, 6.07) is 55.3. The van der Waals surface area contributed by atoms with Gasteiger partial charge in [0.25, 0.3) is 0 Å². The summed E-state index contributed by atoms with van der Waals surface area (Å²) in [6.45, 7) is 29.1. The van der Waals surface area contributed by atoms with Crippen LogP contribution in [0.5, 0.6) is 0 Å². The van der Waals surface area contributed by atoms with E-state index in [4.69, 9.17) is 23.7 Å². The zero-order valence-electron chi connectivity index (χ0n) is 62.7. The number of nitrogens with one attached hydrogen (secondary N) is 1. The molecule has 5 aromatic carbocycles. The van der Waals surface area contributed by atoms with Crippen molar-refractivity contribution in [2.24, 2.45) is 0 Å². The summed E-state index contributed by atoms with van der Waals surface area (Å²) < 4.78 is 26.8. The third-order valence-electron chi connectivity index (χ3n) is 19.1. The Labute approximate surface area is 619 Å². The molecule has 19 heteroatoms. The molecule has 0 saturated carbocycles. The van der Waals surface area contributed by atoms with Gasteiger partial charge in [0.1, 0.15) is 35.0 Å². The van der Waals surface area contributed by atoms with Gasteiger partial charge < -0.3 is 58.2 Å². The zero-order chi connectivity index (χ0) is 74.0. The molecule has 1 N–H and O–H groups in total. The summed E-state index contributed by atoms with van der Waals surface area (Å²) in [6.07, 6.45) is 13.0. The second-order valence-corrected chi connectivity index (χ2v) is 31.0. The number of likely N-dealkylation sites (tertiary alicyclic amines) is 4. The van der Waals surface area contributed by atoms with Crippen molar-refractivity contribution >= 4 is 36.9 Å². The number of rotatable bonds is 10. The average Bonchev–Trinajstić information content (AvgIpc) is 0.815. The first-order valence-electron chi connectivity index (χ1n) is 35.7. The molecule has 0 spiro atoms. The Balaban J connectivity index is 0.000000231. The summed E-state index contributed by atoms with van der Waals surface area (Å²) in [7, 11) is 1.66.